The van der Waals surface area contributed by atoms with E-state index >= 15 is 0 Å². The molecule has 0 aliphatic carbocycles. The van der Waals surface area contributed by atoms with Crippen molar-refractivity contribution in [3.63, 3.8) is 0 Å². The molecule has 1 heterocycles. The quantitative estimate of drug-likeness (QED) is 0.845. The number of nitrogens with zero attached hydrogens (tertiary/aromatic N) is 1. The third-order valence-corrected chi connectivity index (χ3v) is 3.57. The smallest absolute Gasteiger partial charge is 0.354 e. The molecule has 0 saturated carbocycles. The SMILES string of the molecule is CC(C)CCS(=O)Cc1cccc(C(=O)O)n1. The molecule has 94 valence electrons. The highest BCUT2D eigenvalue weighted by molar-refractivity contribution is 7.84. The topological polar surface area (TPSA) is 67.3 Å². The molecule has 0 spiro atoms. The van der Waals surface area contributed by atoms with Crippen molar-refractivity contribution in [2.75, 3.05) is 5.75 Å². The van der Waals surface area contributed by atoms with E-state index in [-0.39, 0.29) is 5.69 Å². The van der Waals surface area contributed by atoms with E-state index in [1.807, 2.05) is 0 Å². The van der Waals surface area contributed by atoms with Crippen molar-refractivity contribution in [1.29, 1.82) is 0 Å². The summed E-state index contributed by atoms with van der Waals surface area (Å²) in [4.78, 5) is 14.7. The Morgan fingerprint density at radius 1 is 1.47 bits per heavy atom. The zero-order chi connectivity index (χ0) is 12.8. The average Bonchev–Trinajstić information content (AvgIpc) is 2.26. The summed E-state index contributed by atoms with van der Waals surface area (Å²) in [6, 6.07) is 4.77. The van der Waals surface area contributed by atoms with Gasteiger partial charge in [-0.3, -0.25) is 4.21 Å². The second-order valence-electron chi connectivity index (χ2n) is 4.29. The molecule has 1 aromatic rings. The summed E-state index contributed by atoms with van der Waals surface area (Å²) in [6.07, 6.45) is 0.908. The van der Waals surface area contributed by atoms with Crippen LogP contribution in [0.2, 0.25) is 0 Å². The number of carbonyl (C=O) groups is 1. The molecule has 1 unspecified atom stereocenters. The predicted molar refractivity (Wildman–Crippen MR) is 67.4 cm³/mol. The van der Waals surface area contributed by atoms with Gasteiger partial charge in [0.2, 0.25) is 0 Å². The van der Waals surface area contributed by atoms with Crippen LogP contribution in [0.15, 0.2) is 18.2 Å². The Balaban J connectivity index is 2.59. The number of carboxylic acids is 1. The molecule has 1 N–H and O–H groups in total. The predicted octanol–water partition coefficient (Wildman–Crippen LogP) is 2.07. The van der Waals surface area contributed by atoms with Gasteiger partial charge in [0, 0.05) is 16.6 Å². The number of aromatic carboxylic acids is 1. The van der Waals surface area contributed by atoms with Crippen LogP contribution in [0.4, 0.5) is 0 Å². The van der Waals surface area contributed by atoms with Gasteiger partial charge in [-0.05, 0) is 24.5 Å². The molecular formula is C12H17NO3S. The van der Waals surface area contributed by atoms with Gasteiger partial charge >= 0.3 is 5.97 Å². The number of hydrogen-bond acceptors (Lipinski definition) is 3. The van der Waals surface area contributed by atoms with Crippen LogP contribution in [0, 0.1) is 5.92 Å². The molecule has 4 nitrogen and oxygen atoms in total. The molecule has 0 aliphatic heterocycles. The van der Waals surface area contributed by atoms with E-state index < -0.39 is 16.8 Å². The normalized spacial score (nSPS) is 12.6. The molecule has 1 rings (SSSR count). The molecule has 0 aromatic carbocycles. The summed E-state index contributed by atoms with van der Waals surface area (Å²) in [7, 11) is -0.969. The van der Waals surface area contributed by atoms with Crippen molar-refractivity contribution in [1.82, 2.24) is 4.98 Å². The lowest BCUT2D eigenvalue weighted by Gasteiger charge is -2.05. The van der Waals surface area contributed by atoms with E-state index in [0.717, 1.165) is 6.42 Å². The van der Waals surface area contributed by atoms with E-state index in [1.54, 1.807) is 12.1 Å². The fourth-order valence-corrected chi connectivity index (χ4v) is 2.65. The monoisotopic (exact) mass is 255 g/mol. The first kappa shape index (κ1) is 13.8. The number of carboxylic acid groups (broad SMARTS) is 1. The van der Waals surface area contributed by atoms with E-state index in [0.29, 0.717) is 23.1 Å². The van der Waals surface area contributed by atoms with Crippen LogP contribution in [0.3, 0.4) is 0 Å². The maximum absolute atomic E-state index is 11.7. The summed E-state index contributed by atoms with van der Waals surface area (Å²) < 4.78 is 11.7. The molecule has 17 heavy (non-hydrogen) atoms. The maximum Gasteiger partial charge on any atom is 0.354 e. The summed E-state index contributed by atoms with van der Waals surface area (Å²) in [5, 5.41) is 8.78. The van der Waals surface area contributed by atoms with Gasteiger partial charge < -0.3 is 5.11 Å². The van der Waals surface area contributed by atoms with Crippen LogP contribution in [-0.4, -0.2) is 26.0 Å². The maximum atomic E-state index is 11.7. The fourth-order valence-electron chi connectivity index (χ4n) is 1.28. The summed E-state index contributed by atoms with van der Waals surface area (Å²) in [5.74, 6) is 0.432. The Hall–Kier alpha value is -1.23. The summed E-state index contributed by atoms with van der Waals surface area (Å²) in [5.41, 5.74) is 0.579. The van der Waals surface area contributed by atoms with E-state index in [1.165, 1.54) is 6.07 Å². The molecule has 0 saturated heterocycles. The largest absolute Gasteiger partial charge is 0.477 e. The number of hydrogen-bond donors (Lipinski definition) is 1. The van der Waals surface area contributed by atoms with Gasteiger partial charge in [0.25, 0.3) is 0 Å². The third kappa shape index (κ3) is 5.08. The van der Waals surface area contributed by atoms with E-state index in [4.69, 9.17) is 5.11 Å². The fraction of sp³-hybridized carbons (Fsp3) is 0.500. The van der Waals surface area contributed by atoms with Gasteiger partial charge in [0.05, 0.1) is 11.4 Å². The minimum absolute atomic E-state index is 0.00311. The first-order valence-electron chi connectivity index (χ1n) is 5.53. The van der Waals surface area contributed by atoms with Gasteiger partial charge in [-0.2, -0.15) is 0 Å². The highest BCUT2D eigenvalue weighted by Gasteiger charge is 2.08. The highest BCUT2D eigenvalue weighted by Crippen LogP contribution is 2.06. The lowest BCUT2D eigenvalue weighted by molar-refractivity contribution is 0.0690. The molecule has 0 bridgehead atoms. The minimum atomic E-state index is -1.06. The zero-order valence-corrected chi connectivity index (χ0v) is 10.9. The molecule has 0 aliphatic rings. The van der Waals surface area contributed by atoms with Gasteiger partial charge in [-0.1, -0.05) is 19.9 Å². The minimum Gasteiger partial charge on any atom is -0.477 e. The highest BCUT2D eigenvalue weighted by atomic mass is 32.2. The number of pyridine rings is 1. The number of rotatable bonds is 6. The molecular weight excluding hydrogens is 238 g/mol. The second-order valence-corrected chi connectivity index (χ2v) is 5.87. The Morgan fingerprint density at radius 3 is 2.76 bits per heavy atom. The van der Waals surface area contributed by atoms with Crippen molar-refractivity contribution in [2.45, 2.75) is 26.0 Å². The second kappa shape index (κ2) is 6.49. The first-order chi connectivity index (χ1) is 7.99. The molecule has 1 aromatic heterocycles. The number of aromatic nitrogens is 1. The Bertz CT molecular complexity index is 418. The standard InChI is InChI=1S/C12H17NO3S/c1-9(2)6-7-17(16)8-10-4-3-5-11(13-10)12(14)15/h3-5,9H,6-8H2,1-2H3,(H,14,15). The Morgan fingerprint density at radius 2 is 2.18 bits per heavy atom. The average molecular weight is 255 g/mol. The Labute approximate surface area is 104 Å². The van der Waals surface area contributed by atoms with Crippen molar-refractivity contribution in [2.24, 2.45) is 5.92 Å². The van der Waals surface area contributed by atoms with E-state index in [2.05, 4.69) is 18.8 Å². The van der Waals surface area contributed by atoms with Crippen molar-refractivity contribution in [3.8, 4) is 0 Å². The van der Waals surface area contributed by atoms with Gasteiger partial charge in [0.15, 0.2) is 0 Å². The van der Waals surface area contributed by atoms with Crippen LogP contribution in [0.1, 0.15) is 36.5 Å². The van der Waals surface area contributed by atoms with Crippen LogP contribution >= 0.6 is 0 Å². The Kier molecular flexibility index (Phi) is 5.28. The van der Waals surface area contributed by atoms with Gasteiger partial charge in [-0.15, -0.1) is 0 Å². The lowest BCUT2D eigenvalue weighted by Crippen LogP contribution is -2.07. The first-order valence-corrected chi connectivity index (χ1v) is 7.02. The van der Waals surface area contributed by atoms with E-state index in [9.17, 15) is 9.00 Å². The van der Waals surface area contributed by atoms with Crippen molar-refractivity contribution < 1.29 is 14.1 Å². The molecule has 5 heteroatoms. The third-order valence-electron chi connectivity index (χ3n) is 2.26. The van der Waals surface area contributed by atoms with Crippen LogP contribution in [0.25, 0.3) is 0 Å². The van der Waals surface area contributed by atoms with Gasteiger partial charge in [0.1, 0.15) is 5.69 Å². The molecule has 0 amide bonds. The molecule has 0 radical (unpaired) electrons. The van der Waals surface area contributed by atoms with Crippen molar-refractivity contribution in [3.05, 3.63) is 29.6 Å². The lowest BCUT2D eigenvalue weighted by atomic mass is 10.2. The van der Waals surface area contributed by atoms with Gasteiger partial charge in [-0.25, -0.2) is 9.78 Å². The zero-order valence-electron chi connectivity index (χ0n) is 10.0. The van der Waals surface area contributed by atoms with Crippen LogP contribution in [0.5, 0.6) is 0 Å². The van der Waals surface area contributed by atoms with Crippen molar-refractivity contribution >= 4 is 16.8 Å². The summed E-state index contributed by atoms with van der Waals surface area (Å²) in [6.45, 7) is 4.17. The van der Waals surface area contributed by atoms with Crippen LogP contribution in [-0.2, 0) is 16.6 Å². The summed E-state index contributed by atoms with van der Waals surface area (Å²) >= 11 is 0. The molecule has 0 fully saturated rings. The van der Waals surface area contributed by atoms with Crippen LogP contribution < -0.4 is 0 Å². The molecule has 1 atom stereocenters.